The summed E-state index contributed by atoms with van der Waals surface area (Å²) >= 11 is 1.42. The molecule has 0 saturated heterocycles. The molecule has 0 radical (unpaired) electrons. The summed E-state index contributed by atoms with van der Waals surface area (Å²) in [7, 11) is 0. The van der Waals surface area contributed by atoms with Crippen LogP contribution in [0.1, 0.15) is 10.4 Å². The number of thioether (sulfide) groups is 1. The number of carbonyl (C=O) groups excluding carboxylic acids is 2. The van der Waals surface area contributed by atoms with Gasteiger partial charge in [-0.05, 0) is 30.3 Å². The standard InChI is InChI=1S/C17H14FNO4S/c18-12-3-1-2-4-14(12)22-7-8-23-17(21)11-5-6-15-13(9-11)19-16(20)10-24-15/h1-6,9H,7-8,10H2,(H,19,20). The van der Waals surface area contributed by atoms with Gasteiger partial charge in [0.05, 0.1) is 17.0 Å². The van der Waals surface area contributed by atoms with Crippen LogP contribution in [0.3, 0.4) is 0 Å². The molecule has 5 nitrogen and oxygen atoms in total. The van der Waals surface area contributed by atoms with Crippen molar-refractivity contribution in [3.8, 4) is 5.75 Å². The first-order valence-electron chi connectivity index (χ1n) is 7.24. The van der Waals surface area contributed by atoms with Crippen LogP contribution in [0.2, 0.25) is 0 Å². The normalized spacial score (nSPS) is 13.0. The summed E-state index contributed by atoms with van der Waals surface area (Å²) in [5.74, 6) is -0.616. The lowest BCUT2D eigenvalue weighted by Gasteiger charge is -2.16. The zero-order valence-electron chi connectivity index (χ0n) is 12.6. The van der Waals surface area contributed by atoms with Gasteiger partial charge in [0.1, 0.15) is 13.2 Å². The first-order valence-corrected chi connectivity index (χ1v) is 8.23. The molecule has 1 N–H and O–H groups in total. The lowest BCUT2D eigenvalue weighted by Crippen LogP contribution is -2.19. The quantitative estimate of drug-likeness (QED) is 0.665. The van der Waals surface area contributed by atoms with E-state index in [1.165, 1.54) is 23.9 Å². The zero-order valence-corrected chi connectivity index (χ0v) is 13.4. The topological polar surface area (TPSA) is 64.6 Å². The molecule has 0 aliphatic carbocycles. The van der Waals surface area contributed by atoms with E-state index in [4.69, 9.17) is 9.47 Å². The van der Waals surface area contributed by atoms with Gasteiger partial charge in [-0.3, -0.25) is 4.79 Å². The molecular weight excluding hydrogens is 333 g/mol. The number of hydrogen-bond acceptors (Lipinski definition) is 5. The Labute approximate surface area is 142 Å². The second-order valence-electron chi connectivity index (χ2n) is 4.96. The molecule has 0 unspecified atom stereocenters. The van der Waals surface area contributed by atoms with Crippen LogP contribution in [-0.2, 0) is 9.53 Å². The van der Waals surface area contributed by atoms with Crippen molar-refractivity contribution < 1.29 is 23.5 Å². The number of para-hydroxylation sites is 1. The summed E-state index contributed by atoms with van der Waals surface area (Å²) in [4.78, 5) is 24.3. The van der Waals surface area contributed by atoms with Crippen LogP contribution in [0.15, 0.2) is 47.4 Å². The third kappa shape index (κ3) is 3.86. The predicted molar refractivity (Wildman–Crippen MR) is 88.0 cm³/mol. The molecule has 1 aliphatic heterocycles. The highest BCUT2D eigenvalue weighted by Gasteiger charge is 2.17. The van der Waals surface area contributed by atoms with Crippen molar-refractivity contribution in [2.75, 3.05) is 24.3 Å². The molecule has 0 spiro atoms. The number of amides is 1. The van der Waals surface area contributed by atoms with E-state index in [1.807, 2.05) is 0 Å². The number of fused-ring (bicyclic) bond motifs is 1. The highest BCUT2D eigenvalue weighted by molar-refractivity contribution is 8.00. The highest BCUT2D eigenvalue weighted by Crippen LogP contribution is 2.32. The highest BCUT2D eigenvalue weighted by atomic mass is 32.2. The minimum Gasteiger partial charge on any atom is -0.487 e. The molecule has 1 aliphatic rings. The van der Waals surface area contributed by atoms with Crippen molar-refractivity contribution in [1.29, 1.82) is 0 Å². The Balaban J connectivity index is 1.53. The van der Waals surface area contributed by atoms with Gasteiger partial charge in [-0.2, -0.15) is 0 Å². The lowest BCUT2D eigenvalue weighted by molar-refractivity contribution is -0.113. The Morgan fingerprint density at radius 2 is 2.04 bits per heavy atom. The van der Waals surface area contributed by atoms with Crippen LogP contribution in [0.25, 0.3) is 0 Å². The van der Waals surface area contributed by atoms with Gasteiger partial charge in [-0.1, -0.05) is 12.1 Å². The number of esters is 1. The van der Waals surface area contributed by atoms with Crippen molar-refractivity contribution in [3.05, 3.63) is 53.8 Å². The third-order valence-electron chi connectivity index (χ3n) is 3.26. The molecular formula is C17H14FNO4S. The van der Waals surface area contributed by atoms with Gasteiger partial charge in [0.25, 0.3) is 0 Å². The predicted octanol–water partition coefficient (Wildman–Crippen LogP) is 3.11. The van der Waals surface area contributed by atoms with Gasteiger partial charge >= 0.3 is 5.97 Å². The van der Waals surface area contributed by atoms with Crippen LogP contribution in [-0.4, -0.2) is 30.8 Å². The second kappa shape index (κ2) is 7.35. The SMILES string of the molecule is O=C1CSc2ccc(C(=O)OCCOc3ccccc3F)cc2N1. The summed E-state index contributed by atoms with van der Waals surface area (Å²) in [5, 5.41) is 2.72. The van der Waals surface area contributed by atoms with Crippen molar-refractivity contribution in [2.45, 2.75) is 4.90 Å². The number of rotatable bonds is 5. The molecule has 1 amide bonds. The van der Waals surface area contributed by atoms with Crippen LogP contribution in [0.4, 0.5) is 10.1 Å². The van der Waals surface area contributed by atoms with Gasteiger partial charge in [0, 0.05) is 4.90 Å². The Bertz CT molecular complexity index is 781. The number of hydrogen-bond donors (Lipinski definition) is 1. The molecule has 124 valence electrons. The summed E-state index contributed by atoms with van der Waals surface area (Å²) in [6.07, 6.45) is 0. The van der Waals surface area contributed by atoms with Gasteiger partial charge < -0.3 is 14.8 Å². The number of ether oxygens (including phenoxy) is 2. The van der Waals surface area contributed by atoms with E-state index in [1.54, 1.807) is 30.3 Å². The first-order chi connectivity index (χ1) is 11.6. The van der Waals surface area contributed by atoms with Crippen LogP contribution in [0.5, 0.6) is 5.75 Å². The number of anilines is 1. The van der Waals surface area contributed by atoms with E-state index in [9.17, 15) is 14.0 Å². The van der Waals surface area contributed by atoms with E-state index in [-0.39, 0.29) is 24.9 Å². The molecule has 7 heteroatoms. The van der Waals surface area contributed by atoms with Gasteiger partial charge in [-0.15, -0.1) is 11.8 Å². The second-order valence-corrected chi connectivity index (χ2v) is 5.98. The Hall–Kier alpha value is -2.54. The summed E-state index contributed by atoms with van der Waals surface area (Å²) in [6.45, 7) is 0.0373. The fourth-order valence-electron chi connectivity index (χ4n) is 2.14. The molecule has 2 aromatic carbocycles. The molecule has 0 bridgehead atoms. The van der Waals surface area contributed by atoms with Crippen molar-refractivity contribution in [2.24, 2.45) is 0 Å². The summed E-state index contributed by atoms with van der Waals surface area (Å²) in [5.41, 5.74) is 0.941. The maximum Gasteiger partial charge on any atom is 0.338 e. The Morgan fingerprint density at radius 3 is 2.88 bits per heavy atom. The molecule has 0 atom stereocenters. The summed E-state index contributed by atoms with van der Waals surface area (Å²) < 4.78 is 23.7. The maximum atomic E-state index is 13.4. The molecule has 3 rings (SSSR count). The Morgan fingerprint density at radius 1 is 1.21 bits per heavy atom. The van der Waals surface area contributed by atoms with Crippen LogP contribution in [0, 0.1) is 5.82 Å². The van der Waals surface area contributed by atoms with E-state index in [0.29, 0.717) is 17.0 Å². The van der Waals surface area contributed by atoms with E-state index < -0.39 is 11.8 Å². The molecule has 24 heavy (non-hydrogen) atoms. The van der Waals surface area contributed by atoms with Gasteiger partial charge in [0.2, 0.25) is 5.91 Å². The van der Waals surface area contributed by atoms with E-state index in [2.05, 4.69) is 5.32 Å². The van der Waals surface area contributed by atoms with Crippen LogP contribution < -0.4 is 10.1 Å². The van der Waals surface area contributed by atoms with Gasteiger partial charge in [-0.25, -0.2) is 9.18 Å². The number of halogens is 1. The number of nitrogens with one attached hydrogen (secondary N) is 1. The average molecular weight is 347 g/mol. The van der Waals surface area contributed by atoms with Gasteiger partial charge in [0.15, 0.2) is 11.6 Å². The molecule has 2 aromatic rings. The average Bonchev–Trinajstić information content (AvgIpc) is 2.59. The first kappa shape index (κ1) is 16.3. The molecule has 1 heterocycles. The van der Waals surface area contributed by atoms with E-state index in [0.717, 1.165) is 4.90 Å². The van der Waals surface area contributed by atoms with E-state index >= 15 is 0 Å². The Kier molecular flexibility index (Phi) is 5.00. The third-order valence-corrected chi connectivity index (χ3v) is 4.33. The molecule has 0 saturated carbocycles. The fraction of sp³-hybridized carbons (Fsp3) is 0.176. The van der Waals surface area contributed by atoms with Crippen molar-refractivity contribution in [3.63, 3.8) is 0 Å². The van der Waals surface area contributed by atoms with Crippen molar-refractivity contribution >= 4 is 29.3 Å². The summed E-state index contributed by atoms with van der Waals surface area (Å²) in [6, 6.07) is 11.0. The monoisotopic (exact) mass is 347 g/mol. The number of benzene rings is 2. The smallest absolute Gasteiger partial charge is 0.338 e. The molecule has 0 aromatic heterocycles. The zero-order chi connectivity index (χ0) is 16.9. The van der Waals surface area contributed by atoms with Crippen LogP contribution >= 0.6 is 11.8 Å². The minimum atomic E-state index is -0.528. The minimum absolute atomic E-state index is 0.00857. The lowest BCUT2D eigenvalue weighted by atomic mass is 10.2. The fourth-order valence-corrected chi connectivity index (χ4v) is 2.93. The molecule has 0 fully saturated rings. The maximum absolute atomic E-state index is 13.4. The van der Waals surface area contributed by atoms with Crippen molar-refractivity contribution in [1.82, 2.24) is 0 Å². The number of carbonyl (C=O) groups is 2. The largest absolute Gasteiger partial charge is 0.487 e.